The molecule has 0 aromatic carbocycles. The number of nitrogens with one attached hydrogen (secondary N) is 1. The molecule has 1 amide bonds. The maximum absolute atomic E-state index is 11.8. The summed E-state index contributed by atoms with van der Waals surface area (Å²) in [6.45, 7) is 12.6. The van der Waals surface area contributed by atoms with E-state index in [4.69, 9.17) is 9.47 Å². The molecule has 0 bridgehead atoms. The predicted molar refractivity (Wildman–Crippen MR) is 77.2 cm³/mol. The molecule has 1 heterocycles. The van der Waals surface area contributed by atoms with Gasteiger partial charge in [0, 0.05) is 6.42 Å². The standard InChI is InChI=1S/C15H25NO4/c1-7-8-15(18)10(2)9-12(11(3)19-15)16-13(17)20-14(4,5)6/h7,9,11-12,18H,1,8H2,2-6H3,(H,16,17)/t11-,12-,15?/m1/s1. The summed E-state index contributed by atoms with van der Waals surface area (Å²) in [4.78, 5) is 11.8. The molecule has 1 unspecified atom stereocenters. The minimum Gasteiger partial charge on any atom is -0.444 e. The third-order valence-corrected chi connectivity index (χ3v) is 3.04. The molecule has 5 heteroatoms. The van der Waals surface area contributed by atoms with Crippen LogP contribution in [0.5, 0.6) is 0 Å². The van der Waals surface area contributed by atoms with Gasteiger partial charge in [-0.25, -0.2) is 4.79 Å². The summed E-state index contributed by atoms with van der Waals surface area (Å²) >= 11 is 0. The fourth-order valence-electron chi connectivity index (χ4n) is 2.02. The van der Waals surface area contributed by atoms with Crippen LogP contribution >= 0.6 is 0 Å². The summed E-state index contributed by atoms with van der Waals surface area (Å²) in [5.74, 6) is -1.34. The quantitative estimate of drug-likeness (QED) is 0.781. The Bertz CT molecular complexity index is 411. The first-order valence-electron chi connectivity index (χ1n) is 6.77. The number of hydrogen-bond donors (Lipinski definition) is 2. The zero-order valence-corrected chi connectivity index (χ0v) is 12.9. The molecule has 0 saturated heterocycles. The van der Waals surface area contributed by atoms with Gasteiger partial charge in [0.2, 0.25) is 0 Å². The molecule has 2 N–H and O–H groups in total. The van der Waals surface area contributed by atoms with Gasteiger partial charge in [-0.05, 0) is 40.2 Å². The molecule has 1 aliphatic rings. The minimum absolute atomic E-state index is 0.304. The van der Waals surface area contributed by atoms with Crippen molar-refractivity contribution < 1.29 is 19.4 Å². The molecular weight excluding hydrogens is 258 g/mol. The highest BCUT2D eigenvalue weighted by molar-refractivity contribution is 5.68. The number of hydrogen-bond acceptors (Lipinski definition) is 4. The first kappa shape index (κ1) is 16.7. The average molecular weight is 283 g/mol. The maximum atomic E-state index is 11.8. The van der Waals surface area contributed by atoms with E-state index in [1.807, 2.05) is 0 Å². The van der Waals surface area contributed by atoms with E-state index in [1.54, 1.807) is 46.8 Å². The molecule has 0 aromatic heterocycles. The summed E-state index contributed by atoms with van der Waals surface area (Å²) in [5, 5.41) is 13.1. The second kappa shape index (κ2) is 5.97. The largest absolute Gasteiger partial charge is 0.444 e. The van der Waals surface area contributed by atoms with Gasteiger partial charge in [-0.2, -0.15) is 0 Å². The molecule has 5 nitrogen and oxygen atoms in total. The lowest BCUT2D eigenvalue weighted by Crippen LogP contribution is -2.52. The van der Waals surface area contributed by atoms with E-state index in [0.29, 0.717) is 12.0 Å². The third-order valence-electron chi connectivity index (χ3n) is 3.04. The van der Waals surface area contributed by atoms with E-state index in [-0.39, 0.29) is 12.1 Å². The smallest absolute Gasteiger partial charge is 0.408 e. The normalized spacial score (nSPS) is 30.4. The van der Waals surface area contributed by atoms with Crippen molar-refractivity contribution in [1.82, 2.24) is 5.32 Å². The number of amides is 1. The molecule has 1 aliphatic heterocycles. The Morgan fingerprint density at radius 1 is 1.65 bits per heavy atom. The molecule has 1 rings (SSSR count). The Balaban J connectivity index is 2.76. The SMILES string of the molecule is C=CCC1(O)O[C@H](C)[C@H](NC(=O)OC(C)(C)C)C=C1C. The van der Waals surface area contributed by atoms with E-state index < -0.39 is 17.5 Å². The summed E-state index contributed by atoms with van der Waals surface area (Å²) in [6, 6.07) is -0.338. The first-order chi connectivity index (χ1) is 9.07. The second-order valence-corrected chi connectivity index (χ2v) is 6.12. The highest BCUT2D eigenvalue weighted by atomic mass is 16.6. The third kappa shape index (κ3) is 4.35. The van der Waals surface area contributed by atoms with Gasteiger partial charge in [0.25, 0.3) is 0 Å². The zero-order valence-electron chi connectivity index (χ0n) is 12.9. The van der Waals surface area contributed by atoms with Crippen molar-refractivity contribution in [2.45, 2.75) is 64.6 Å². The van der Waals surface area contributed by atoms with Gasteiger partial charge in [-0.15, -0.1) is 6.58 Å². The first-order valence-corrected chi connectivity index (χ1v) is 6.77. The molecule has 0 fully saturated rings. The Morgan fingerprint density at radius 3 is 2.75 bits per heavy atom. The lowest BCUT2D eigenvalue weighted by Gasteiger charge is -2.39. The topological polar surface area (TPSA) is 67.8 Å². The predicted octanol–water partition coefficient (Wildman–Crippen LogP) is 2.51. The molecule has 0 spiro atoms. The Kier molecular flexibility index (Phi) is 5.00. The van der Waals surface area contributed by atoms with Gasteiger partial charge >= 0.3 is 6.09 Å². The van der Waals surface area contributed by atoms with E-state index in [9.17, 15) is 9.90 Å². The Morgan fingerprint density at radius 2 is 2.25 bits per heavy atom. The van der Waals surface area contributed by atoms with Crippen LogP contribution in [0.1, 0.15) is 41.0 Å². The van der Waals surface area contributed by atoms with Crippen LogP contribution < -0.4 is 5.32 Å². The Labute approximate surface area is 120 Å². The molecule has 0 saturated carbocycles. The molecule has 3 atom stereocenters. The average Bonchev–Trinajstić information content (AvgIpc) is 2.23. The molecule has 20 heavy (non-hydrogen) atoms. The lowest BCUT2D eigenvalue weighted by atomic mass is 9.95. The van der Waals surface area contributed by atoms with Crippen molar-refractivity contribution in [3.63, 3.8) is 0 Å². The van der Waals surface area contributed by atoms with Crippen LogP contribution in [0.2, 0.25) is 0 Å². The van der Waals surface area contributed by atoms with E-state index in [0.717, 1.165) is 0 Å². The van der Waals surface area contributed by atoms with E-state index in [2.05, 4.69) is 11.9 Å². The minimum atomic E-state index is -1.34. The van der Waals surface area contributed by atoms with E-state index >= 15 is 0 Å². The number of ether oxygens (including phenoxy) is 2. The molecule has 0 radical (unpaired) electrons. The fourth-order valence-corrected chi connectivity index (χ4v) is 2.02. The van der Waals surface area contributed by atoms with Crippen molar-refractivity contribution in [2.75, 3.05) is 0 Å². The maximum Gasteiger partial charge on any atom is 0.408 e. The molecule has 0 aliphatic carbocycles. The van der Waals surface area contributed by atoms with Gasteiger partial charge in [-0.1, -0.05) is 12.2 Å². The fraction of sp³-hybridized carbons (Fsp3) is 0.667. The lowest BCUT2D eigenvalue weighted by molar-refractivity contribution is -0.208. The Hall–Kier alpha value is -1.33. The van der Waals surface area contributed by atoms with Crippen LogP contribution in [-0.4, -0.2) is 34.7 Å². The van der Waals surface area contributed by atoms with Gasteiger partial charge in [0.15, 0.2) is 5.79 Å². The van der Waals surface area contributed by atoms with Crippen molar-refractivity contribution in [1.29, 1.82) is 0 Å². The van der Waals surface area contributed by atoms with Crippen LogP contribution in [0.3, 0.4) is 0 Å². The van der Waals surface area contributed by atoms with Crippen molar-refractivity contribution in [3.8, 4) is 0 Å². The molecule has 0 aromatic rings. The number of aliphatic hydroxyl groups is 1. The van der Waals surface area contributed by atoms with Crippen LogP contribution in [0.25, 0.3) is 0 Å². The highest BCUT2D eigenvalue weighted by Gasteiger charge is 2.38. The van der Waals surface area contributed by atoms with Crippen LogP contribution in [0.15, 0.2) is 24.3 Å². The number of carbonyl (C=O) groups excluding carboxylic acids is 1. The van der Waals surface area contributed by atoms with Gasteiger partial charge in [0.1, 0.15) is 5.60 Å². The molecule has 114 valence electrons. The highest BCUT2D eigenvalue weighted by Crippen LogP contribution is 2.30. The van der Waals surface area contributed by atoms with Gasteiger partial charge in [0.05, 0.1) is 12.1 Å². The van der Waals surface area contributed by atoms with Crippen molar-refractivity contribution in [2.24, 2.45) is 0 Å². The van der Waals surface area contributed by atoms with Gasteiger partial charge < -0.3 is 19.9 Å². The number of rotatable bonds is 3. The summed E-state index contributed by atoms with van der Waals surface area (Å²) in [6.07, 6.45) is 2.83. The second-order valence-electron chi connectivity index (χ2n) is 6.12. The van der Waals surface area contributed by atoms with Crippen LogP contribution in [0.4, 0.5) is 4.79 Å². The summed E-state index contributed by atoms with van der Waals surface area (Å²) in [5.41, 5.74) is 0.0992. The monoisotopic (exact) mass is 283 g/mol. The van der Waals surface area contributed by atoms with Crippen molar-refractivity contribution >= 4 is 6.09 Å². The summed E-state index contributed by atoms with van der Waals surface area (Å²) in [7, 11) is 0. The van der Waals surface area contributed by atoms with Crippen LogP contribution in [0, 0.1) is 0 Å². The number of carbonyl (C=O) groups is 1. The van der Waals surface area contributed by atoms with Crippen molar-refractivity contribution in [3.05, 3.63) is 24.3 Å². The molecular formula is C15H25NO4. The van der Waals surface area contributed by atoms with Gasteiger partial charge in [-0.3, -0.25) is 0 Å². The zero-order chi connectivity index (χ0) is 15.6. The summed E-state index contributed by atoms with van der Waals surface area (Å²) < 4.78 is 10.8. The van der Waals surface area contributed by atoms with E-state index in [1.165, 1.54) is 0 Å². The number of alkyl carbamates (subject to hydrolysis) is 1. The van der Waals surface area contributed by atoms with Crippen LogP contribution in [-0.2, 0) is 9.47 Å².